The Hall–Kier alpha value is -0.0400. The van der Waals surface area contributed by atoms with Crippen LogP contribution >= 0.6 is 0 Å². The molecule has 0 aromatic heterocycles. The summed E-state index contributed by atoms with van der Waals surface area (Å²) in [7, 11) is 0. The molecule has 1 heteroatoms. The molecule has 0 atom stereocenters. The Morgan fingerprint density at radius 3 is 2.29 bits per heavy atom. The Balaban J connectivity index is 1.69. The Kier molecular flexibility index (Phi) is 3.48. The lowest BCUT2D eigenvalue weighted by Crippen LogP contribution is -2.51. The van der Waals surface area contributed by atoms with E-state index in [-0.39, 0.29) is 0 Å². The Morgan fingerprint density at radius 2 is 1.79 bits per heavy atom. The van der Waals surface area contributed by atoms with Gasteiger partial charge in [0.05, 0.1) is 0 Å². The number of rotatable bonds is 4. The summed E-state index contributed by atoms with van der Waals surface area (Å²) in [5, 5.41) is 3.85. The van der Waals surface area contributed by atoms with Gasteiger partial charge in [0.1, 0.15) is 0 Å². The summed E-state index contributed by atoms with van der Waals surface area (Å²) in [5.74, 6) is 0.993. The van der Waals surface area contributed by atoms with E-state index < -0.39 is 0 Å². The average Bonchev–Trinajstić information content (AvgIpc) is 2.19. The maximum absolute atomic E-state index is 3.85. The van der Waals surface area contributed by atoms with Gasteiger partial charge in [-0.2, -0.15) is 0 Å². The summed E-state index contributed by atoms with van der Waals surface area (Å²) in [6, 6.07) is 0. The van der Waals surface area contributed by atoms with Crippen LogP contribution in [0, 0.1) is 5.92 Å². The second-order valence-electron chi connectivity index (χ2n) is 5.37. The highest BCUT2D eigenvalue weighted by Crippen LogP contribution is 2.35. The molecular formula is C13H25N. The Labute approximate surface area is 88.7 Å². The first-order valence-corrected chi connectivity index (χ1v) is 6.60. The Bertz CT molecular complexity index is 161. The summed E-state index contributed by atoms with van der Waals surface area (Å²) >= 11 is 0. The number of nitrogens with one attached hydrogen (secondary N) is 1. The minimum absolute atomic E-state index is 0.567. The Morgan fingerprint density at radius 1 is 1.07 bits per heavy atom. The third-order valence-corrected chi connectivity index (χ3v) is 4.48. The number of hydrogen-bond acceptors (Lipinski definition) is 1. The lowest BCUT2D eigenvalue weighted by molar-refractivity contribution is 0.161. The molecule has 0 spiro atoms. The van der Waals surface area contributed by atoms with Crippen molar-refractivity contribution in [2.45, 2.75) is 70.3 Å². The molecule has 0 aliphatic heterocycles. The molecule has 2 aliphatic carbocycles. The van der Waals surface area contributed by atoms with Crippen molar-refractivity contribution in [3.05, 3.63) is 0 Å². The van der Waals surface area contributed by atoms with Crippen molar-refractivity contribution in [1.82, 2.24) is 5.32 Å². The van der Waals surface area contributed by atoms with Crippen LogP contribution in [0.4, 0.5) is 0 Å². The van der Waals surface area contributed by atoms with E-state index in [4.69, 9.17) is 0 Å². The van der Waals surface area contributed by atoms with Gasteiger partial charge in [0.15, 0.2) is 0 Å². The SMILES string of the molecule is CCC1(NCC2CCCCC2)CCC1. The van der Waals surface area contributed by atoms with E-state index >= 15 is 0 Å². The molecule has 0 heterocycles. The number of hydrogen-bond donors (Lipinski definition) is 1. The first-order chi connectivity index (χ1) is 6.85. The fourth-order valence-corrected chi connectivity index (χ4v) is 3.01. The van der Waals surface area contributed by atoms with Crippen molar-refractivity contribution < 1.29 is 0 Å². The van der Waals surface area contributed by atoms with Gasteiger partial charge in [0, 0.05) is 5.54 Å². The smallest absolute Gasteiger partial charge is 0.0179 e. The molecule has 0 radical (unpaired) electrons. The van der Waals surface area contributed by atoms with Crippen molar-refractivity contribution in [2.75, 3.05) is 6.54 Å². The second kappa shape index (κ2) is 4.65. The standard InChI is InChI=1S/C13H25N/c1-2-13(9-6-10-13)14-11-12-7-4-3-5-8-12/h12,14H,2-11H2,1H3. The van der Waals surface area contributed by atoms with E-state index in [9.17, 15) is 0 Å². The summed E-state index contributed by atoms with van der Waals surface area (Å²) in [6.45, 7) is 3.64. The molecule has 0 bridgehead atoms. The van der Waals surface area contributed by atoms with Gasteiger partial charge in [-0.25, -0.2) is 0 Å². The van der Waals surface area contributed by atoms with Crippen LogP contribution in [-0.2, 0) is 0 Å². The molecule has 82 valence electrons. The quantitative estimate of drug-likeness (QED) is 0.724. The van der Waals surface area contributed by atoms with E-state index in [1.807, 2.05) is 0 Å². The normalized spacial score (nSPS) is 27.2. The molecular weight excluding hydrogens is 170 g/mol. The van der Waals surface area contributed by atoms with Gasteiger partial charge in [0.25, 0.3) is 0 Å². The van der Waals surface area contributed by atoms with Crippen LogP contribution in [0.2, 0.25) is 0 Å². The third kappa shape index (κ3) is 2.31. The minimum Gasteiger partial charge on any atom is -0.311 e. The van der Waals surface area contributed by atoms with Crippen LogP contribution in [0.1, 0.15) is 64.7 Å². The maximum atomic E-state index is 3.85. The van der Waals surface area contributed by atoms with Crippen molar-refractivity contribution in [3.8, 4) is 0 Å². The van der Waals surface area contributed by atoms with Crippen LogP contribution in [0.5, 0.6) is 0 Å². The molecule has 2 aliphatic rings. The lowest BCUT2D eigenvalue weighted by atomic mass is 9.74. The monoisotopic (exact) mass is 195 g/mol. The molecule has 0 amide bonds. The van der Waals surface area contributed by atoms with Gasteiger partial charge >= 0.3 is 0 Å². The minimum atomic E-state index is 0.567. The topological polar surface area (TPSA) is 12.0 Å². The fraction of sp³-hybridized carbons (Fsp3) is 1.00. The maximum Gasteiger partial charge on any atom is 0.0179 e. The highest BCUT2D eigenvalue weighted by atomic mass is 15.0. The van der Waals surface area contributed by atoms with Crippen LogP contribution in [0.25, 0.3) is 0 Å². The summed E-state index contributed by atoms with van der Waals surface area (Å²) in [6.07, 6.45) is 13.0. The van der Waals surface area contributed by atoms with Gasteiger partial charge in [-0.3, -0.25) is 0 Å². The first kappa shape index (κ1) is 10.5. The van der Waals surface area contributed by atoms with E-state index in [0.717, 1.165) is 5.92 Å². The summed E-state index contributed by atoms with van der Waals surface area (Å²) in [5.41, 5.74) is 0.567. The molecule has 2 rings (SSSR count). The summed E-state index contributed by atoms with van der Waals surface area (Å²) in [4.78, 5) is 0. The van der Waals surface area contributed by atoms with Gasteiger partial charge in [0.2, 0.25) is 0 Å². The zero-order chi connectivity index (χ0) is 9.86. The lowest BCUT2D eigenvalue weighted by Gasteiger charge is -2.43. The van der Waals surface area contributed by atoms with E-state index in [2.05, 4.69) is 12.2 Å². The van der Waals surface area contributed by atoms with Crippen LogP contribution in [0.15, 0.2) is 0 Å². The molecule has 2 fully saturated rings. The van der Waals surface area contributed by atoms with Crippen molar-refractivity contribution in [2.24, 2.45) is 5.92 Å². The molecule has 0 aromatic rings. The van der Waals surface area contributed by atoms with E-state index in [1.165, 1.54) is 64.3 Å². The van der Waals surface area contributed by atoms with Gasteiger partial charge in [-0.15, -0.1) is 0 Å². The molecule has 2 saturated carbocycles. The van der Waals surface area contributed by atoms with Crippen molar-refractivity contribution in [1.29, 1.82) is 0 Å². The molecule has 14 heavy (non-hydrogen) atoms. The molecule has 1 nitrogen and oxygen atoms in total. The highest BCUT2D eigenvalue weighted by Gasteiger charge is 2.34. The van der Waals surface area contributed by atoms with Crippen molar-refractivity contribution in [3.63, 3.8) is 0 Å². The van der Waals surface area contributed by atoms with Crippen LogP contribution < -0.4 is 5.32 Å². The van der Waals surface area contributed by atoms with Gasteiger partial charge in [-0.05, 0) is 51.0 Å². The van der Waals surface area contributed by atoms with Gasteiger partial charge in [-0.1, -0.05) is 26.2 Å². The third-order valence-electron chi connectivity index (χ3n) is 4.48. The highest BCUT2D eigenvalue weighted by molar-refractivity contribution is 4.95. The predicted octanol–water partition coefficient (Wildman–Crippen LogP) is 3.49. The molecule has 0 saturated heterocycles. The average molecular weight is 195 g/mol. The molecule has 0 unspecified atom stereocenters. The largest absolute Gasteiger partial charge is 0.311 e. The molecule has 0 aromatic carbocycles. The van der Waals surface area contributed by atoms with E-state index in [0.29, 0.717) is 5.54 Å². The van der Waals surface area contributed by atoms with Gasteiger partial charge < -0.3 is 5.32 Å². The van der Waals surface area contributed by atoms with E-state index in [1.54, 1.807) is 0 Å². The van der Waals surface area contributed by atoms with Crippen molar-refractivity contribution >= 4 is 0 Å². The van der Waals surface area contributed by atoms with Crippen LogP contribution in [0.3, 0.4) is 0 Å². The zero-order valence-electron chi connectivity index (χ0n) is 9.65. The predicted molar refractivity (Wildman–Crippen MR) is 61.5 cm³/mol. The molecule has 1 N–H and O–H groups in total. The second-order valence-corrected chi connectivity index (χ2v) is 5.37. The zero-order valence-corrected chi connectivity index (χ0v) is 9.65. The van der Waals surface area contributed by atoms with Crippen LogP contribution in [-0.4, -0.2) is 12.1 Å². The summed E-state index contributed by atoms with van der Waals surface area (Å²) < 4.78 is 0. The first-order valence-electron chi connectivity index (χ1n) is 6.60. The fourth-order valence-electron chi connectivity index (χ4n) is 3.01.